The molecule has 1 nitrogen and oxygen atoms in total. The molecule has 0 aromatic heterocycles. The minimum atomic E-state index is 0.191. The van der Waals surface area contributed by atoms with Crippen molar-refractivity contribution in [3.8, 4) is 0 Å². The van der Waals surface area contributed by atoms with E-state index in [1.54, 1.807) is 0 Å². The molecule has 0 aliphatic heterocycles. The van der Waals surface area contributed by atoms with E-state index in [-0.39, 0.29) is 5.41 Å². The van der Waals surface area contributed by atoms with Gasteiger partial charge < -0.3 is 5.32 Å². The van der Waals surface area contributed by atoms with E-state index in [0.29, 0.717) is 5.92 Å². The topological polar surface area (TPSA) is 12.0 Å². The Morgan fingerprint density at radius 3 is 2.58 bits per heavy atom. The molecule has 0 saturated heterocycles. The third-order valence-corrected chi connectivity index (χ3v) is 4.27. The van der Waals surface area contributed by atoms with Gasteiger partial charge in [-0.1, -0.05) is 45.0 Å². The van der Waals surface area contributed by atoms with Crippen LogP contribution < -0.4 is 5.32 Å². The van der Waals surface area contributed by atoms with Crippen molar-refractivity contribution in [1.29, 1.82) is 0 Å². The Labute approximate surface area is 122 Å². The van der Waals surface area contributed by atoms with E-state index in [4.69, 9.17) is 0 Å². The van der Waals surface area contributed by atoms with Crippen LogP contribution in [0.15, 0.2) is 47.9 Å². The molecule has 0 heterocycles. The number of thioether (sulfide) groups is 1. The summed E-state index contributed by atoms with van der Waals surface area (Å²) >= 11 is 1.93. The Bertz CT molecular complexity index is 361. The second-order valence-corrected chi connectivity index (χ2v) is 6.96. The molecule has 1 unspecified atom stereocenters. The van der Waals surface area contributed by atoms with Gasteiger partial charge in [0.25, 0.3) is 0 Å². The molecule has 1 N–H and O–H groups in total. The van der Waals surface area contributed by atoms with E-state index in [1.165, 1.54) is 4.90 Å². The fraction of sp³-hybridized carbons (Fsp3) is 0.529. The zero-order valence-electron chi connectivity index (χ0n) is 12.5. The number of rotatable bonds is 9. The quantitative estimate of drug-likeness (QED) is 0.522. The lowest BCUT2D eigenvalue weighted by molar-refractivity contribution is 0.371. The van der Waals surface area contributed by atoms with Gasteiger partial charge in [-0.2, -0.15) is 0 Å². The lowest BCUT2D eigenvalue weighted by atomic mass is 9.87. The van der Waals surface area contributed by atoms with Crippen LogP contribution in [0.4, 0.5) is 0 Å². The summed E-state index contributed by atoms with van der Waals surface area (Å²) in [4.78, 5) is 1.35. The van der Waals surface area contributed by atoms with Crippen molar-refractivity contribution in [3.63, 3.8) is 0 Å². The fourth-order valence-corrected chi connectivity index (χ4v) is 2.98. The smallest absolute Gasteiger partial charge is 0.00719 e. The molecular formula is C17H27NS. The number of nitrogens with one attached hydrogen (secondary N) is 1. The van der Waals surface area contributed by atoms with Crippen LogP contribution in [0.3, 0.4) is 0 Å². The molecule has 0 aliphatic carbocycles. The molecule has 1 rings (SSSR count). The molecule has 0 spiro atoms. The lowest BCUT2D eigenvalue weighted by Crippen LogP contribution is -2.32. The van der Waals surface area contributed by atoms with E-state index in [2.05, 4.69) is 69.1 Å². The largest absolute Gasteiger partial charge is 0.316 e. The number of hydrogen-bond acceptors (Lipinski definition) is 2. The first-order valence-electron chi connectivity index (χ1n) is 7.08. The van der Waals surface area contributed by atoms with Gasteiger partial charge >= 0.3 is 0 Å². The van der Waals surface area contributed by atoms with Gasteiger partial charge in [-0.25, -0.2) is 0 Å². The van der Waals surface area contributed by atoms with Crippen molar-refractivity contribution in [3.05, 3.63) is 43.0 Å². The van der Waals surface area contributed by atoms with E-state index in [0.717, 1.165) is 25.3 Å². The highest BCUT2D eigenvalue weighted by Crippen LogP contribution is 2.27. The zero-order valence-corrected chi connectivity index (χ0v) is 13.3. The average molecular weight is 277 g/mol. The van der Waals surface area contributed by atoms with Gasteiger partial charge in [0.1, 0.15) is 0 Å². The summed E-state index contributed by atoms with van der Waals surface area (Å²) < 4.78 is 0. The molecule has 0 radical (unpaired) electrons. The minimum Gasteiger partial charge on any atom is -0.316 e. The first kappa shape index (κ1) is 16.3. The van der Waals surface area contributed by atoms with Crippen molar-refractivity contribution in [2.75, 3.05) is 18.8 Å². The van der Waals surface area contributed by atoms with Crippen molar-refractivity contribution < 1.29 is 0 Å². The van der Waals surface area contributed by atoms with E-state index >= 15 is 0 Å². The van der Waals surface area contributed by atoms with Crippen LogP contribution in [0.2, 0.25) is 0 Å². The summed E-state index contributed by atoms with van der Waals surface area (Å²) in [6, 6.07) is 10.6. The Kier molecular flexibility index (Phi) is 7.25. The van der Waals surface area contributed by atoms with E-state index in [1.807, 2.05) is 11.8 Å². The summed E-state index contributed by atoms with van der Waals surface area (Å²) in [7, 11) is 0. The molecule has 0 saturated carbocycles. The van der Waals surface area contributed by atoms with Crippen LogP contribution >= 0.6 is 11.8 Å². The van der Waals surface area contributed by atoms with Crippen molar-refractivity contribution in [1.82, 2.24) is 5.32 Å². The average Bonchev–Trinajstić information content (AvgIpc) is 2.39. The van der Waals surface area contributed by atoms with Gasteiger partial charge in [0.2, 0.25) is 0 Å². The van der Waals surface area contributed by atoms with Gasteiger partial charge in [-0.05, 0) is 42.2 Å². The maximum Gasteiger partial charge on any atom is 0.00719 e. The van der Waals surface area contributed by atoms with Crippen LogP contribution in [0, 0.1) is 11.3 Å². The van der Waals surface area contributed by atoms with Crippen LogP contribution in [0.25, 0.3) is 0 Å². The molecule has 2 heteroatoms. The van der Waals surface area contributed by atoms with Gasteiger partial charge in [-0.15, -0.1) is 18.3 Å². The SMILES string of the molecule is C=CC(C)(CCSc1ccccc1)CNCC(C)C. The van der Waals surface area contributed by atoms with Crippen LogP contribution in [-0.4, -0.2) is 18.8 Å². The summed E-state index contributed by atoms with van der Waals surface area (Å²) in [6.45, 7) is 12.9. The highest BCUT2D eigenvalue weighted by molar-refractivity contribution is 7.99. The van der Waals surface area contributed by atoms with Crippen LogP contribution in [-0.2, 0) is 0 Å². The third-order valence-electron chi connectivity index (χ3n) is 3.26. The molecule has 1 atom stereocenters. The van der Waals surface area contributed by atoms with Gasteiger partial charge in [0.05, 0.1) is 0 Å². The first-order chi connectivity index (χ1) is 9.06. The molecule has 0 aliphatic rings. The van der Waals surface area contributed by atoms with E-state index < -0.39 is 0 Å². The second kappa shape index (κ2) is 8.44. The Hall–Kier alpha value is -0.730. The molecule has 1 aromatic carbocycles. The zero-order chi connectivity index (χ0) is 14.1. The molecule has 106 valence electrons. The van der Waals surface area contributed by atoms with Crippen LogP contribution in [0.5, 0.6) is 0 Å². The predicted octanol–water partition coefficient (Wildman–Crippen LogP) is 4.61. The summed E-state index contributed by atoms with van der Waals surface area (Å²) in [5.41, 5.74) is 0.191. The summed E-state index contributed by atoms with van der Waals surface area (Å²) in [5.74, 6) is 1.84. The molecule has 0 amide bonds. The summed E-state index contributed by atoms with van der Waals surface area (Å²) in [6.07, 6.45) is 3.26. The van der Waals surface area contributed by atoms with Gasteiger partial charge in [0.15, 0.2) is 0 Å². The summed E-state index contributed by atoms with van der Waals surface area (Å²) in [5, 5.41) is 3.54. The number of benzene rings is 1. The molecule has 19 heavy (non-hydrogen) atoms. The van der Waals surface area contributed by atoms with Gasteiger partial charge in [-0.3, -0.25) is 0 Å². The third kappa shape index (κ3) is 6.84. The molecule has 1 aromatic rings. The van der Waals surface area contributed by atoms with Crippen molar-refractivity contribution >= 4 is 11.8 Å². The Balaban J connectivity index is 2.32. The maximum atomic E-state index is 4.01. The normalized spacial score (nSPS) is 14.3. The maximum absolute atomic E-state index is 4.01. The molecule has 0 fully saturated rings. The Morgan fingerprint density at radius 2 is 2.00 bits per heavy atom. The van der Waals surface area contributed by atoms with E-state index in [9.17, 15) is 0 Å². The first-order valence-corrected chi connectivity index (χ1v) is 8.06. The van der Waals surface area contributed by atoms with Gasteiger partial charge in [0, 0.05) is 11.4 Å². The monoisotopic (exact) mass is 277 g/mol. The Morgan fingerprint density at radius 1 is 1.32 bits per heavy atom. The van der Waals surface area contributed by atoms with Crippen molar-refractivity contribution in [2.24, 2.45) is 11.3 Å². The van der Waals surface area contributed by atoms with Crippen molar-refractivity contribution in [2.45, 2.75) is 32.1 Å². The minimum absolute atomic E-state index is 0.191. The predicted molar refractivity (Wildman–Crippen MR) is 87.8 cm³/mol. The number of hydrogen-bond donors (Lipinski definition) is 1. The highest BCUT2D eigenvalue weighted by atomic mass is 32.2. The highest BCUT2D eigenvalue weighted by Gasteiger charge is 2.19. The van der Waals surface area contributed by atoms with Crippen LogP contribution in [0.1, 0.15) is 27.2 Å². The molecular weight excluding hydrogens is 250 g/mol. The fourth-order valence-electron chi connectivity index (χ4n) is 1.83. The lowest BCUT2D eigenvalue weighted by Gasteiger charge is -2.26. The standard InChI is InChI=1S/C17H27NS/c1-5-17(4,14-18-13-15(2)3)11-12-19-16-9-7-6-8-10-16/h5-10,15,18H,1,11-14H2,2-4H3. The molecule has 0 bridgehead atoms. The second-order valence-electron chi connectivity index (χ2n) is 5.79.